The van der Waals surface area contributed by atoms with Crippen molar-refractivity contribution in [2.45, 2.75) is 52.7 Å². The van der Waals surface area contributed by atoms with Crippen molar-refractivity contribution in [3.05, 3.63) is 24.3 Å². The minimum absolute atomic E-state index is 0.155. The fourth-order valence-electron chi connectivity index (χ4n) is 1.70. The summed E-state index contributed by atoms with van der Waals surface area (Å²) < 4.78 is 10.1. The van der Waals surface area contributed by atoms with Gasteiger partial charge in [-0.1, -0.05) is 0 Å². The average molecular weight is 364 g/mol. The van der Waals surface area contributed by atoms with E-state index in [9.17, 15) is 14.4 Å². The zero-order valence-corrected chi connectivity index (χ0v) is 16.0. The second kappa shape index (κ2) is 8.55. The number of ether oxygens (including phenoxy) is 2. The molecule has 0 unspecified atom stereocenters. The van der Waals surface area contributed by atoms with Gasteiger partial charge < -0.3 is 14.8 Å². The second-order valence-corrected chi connectivity index (χ2v) is 7.54. The molecule has 8 heteroatoms. The molecule has 0 spiro atoms. The first kappa shape index (κ1) is 21.3. The van der Waals surface area contributed by atoms with Gasteiger partial charge in [0.1, 0.15) is 11.2 Å². The van der Waals surface area contributed by atoms with Gasteiger partial charge in [-0.05, 0) is 65.8 Å². The molecule has 143 valence electrons. The molecule has 0 saturated heterocycles. The van der Waals surface area contributed by atoms with Crippen LogP contribution in [-0.2, 0) is 14.3 Å². The van der Waals surface area contributed by atoms with E-state index in [1.165, 1.54) is 0 Å². The summed E-state index contributed by atoms with van der Waals surface area (Å²) in [6.45, 7) is 10.2. The van der Waals surface area contributed by atoms with Gasteiger partial charge in [0.15, 0.2) is 0 Å². The maximum atomic E-state index is 11.7. The Morgan fingerprint density at radius 1 is 0.885 bits per heavy atom. The van der Waals surface area contributed by atoms with Crippen LogP contribution in [0.5, 0.6) is 0 Å². The number of carbonyl (C=O) groups excluding carboxylic acids is 3. The van der Waals surface area contributed by atoms with Crippen LogP contribution in [0.15, 0.2) is 24.3 Å². The molecular formula is C18H26N3O5. The molecule has 0 heterocycles. The maximum absolute atomic E-state index is 11.7. The lowest BCUT2D eigenvalue weighted by Crippen LogP contribution is -2.34. The third-order valence-corrected chi connectivity index (χ3v) is 2.58. The molecule has 26 heavy (non-hydrogen) atoms. The molecule has 0 saturated carbocycles. The Morgan fingerprint density at radius 3 is 1.88 bits per heavy atom. The molecule has 0 aliphatic carbocycles. The highest BCUT2D eigenvalue weighted by atomic mass is 16.6. The highest BCUT2D eigenvalue weighted by Gasteiger charge is 2.20. The van der Waals surface area contributed by atoms with E-state index in [-0.39, 0.29) is 6.54 Å². The highest BCUT2D eigenvalue weighted by molar-refractivity contribution is 5.93. The molecule has 1 aromatic rings. The summed E-state index contributed by atoms with van der Waals surface area (Å²) in [5, 5.41) is 8.77. The first-order chi connectivity index (χ1) is 11.8. The van der Waals surface area contributed by atoms with Crippen LogP contribution in [0.2, 0.25) is 0 Å². The van der Waals surface area contributed by atoms with Crippen LogP contribution >= 0.6 is 0 Å². The van der Waals surface area contributed by atoms with Crippen molar-refractivity contribution < 1.29 is 23.9 Å². The molecule has 1 rings (SSSR count). The van der Waals surface area contributed by atoms with Gasteiger partial charge in [0.25, 0.3) is 5.91 Å². The van der Waals surface area contributed by atoms with Gasteiger partial charge in [0, 0.05) is 11.4 Å². The topological polar surface area (TPSA) is 108 Å². The molecule has 2 N–H and O–H groups in total. The lowest BCUT2D eigenvalue weighted by atomic mass is 10.2. The summed E-state index contributed by atoms with van der Waals surface area (Å²) in [5.74, 6) is -0.643. The van der Waals surface area contributed by atoms with Crippen molar-refractivity contribution >= 4 is 29.5 Å². The van der Waals surface area contributed by atoms with Gasteiger partial charge in [0.2, 0.25) is 0 Å². The van der Waals surface area contributed by atoms with Gasteiger partial charge in [-0.15, -0.1) is 5.32 Å². The molecule has 0 aliphatic heterocycles. The SMILES string of the molecule is CC(C)(C)OC(=O)[N]C(=O)CNc1ccc(NC(=O)OC(C)(C)C)cc1. The first-order valence-corrected chi connectivity index (χ1v) is 8.15. The molecular weight excluding hydrogens is 338 g/mol. The second-order valence-electron chi connectivity index (χ2n) is 7.54. The van der Waals surface area contributed by atoms with Crippen LogP contribution < -0.4 is 16.0 Å². The van der Waals surface area contributed by atoms with E-state index < -0.39 is 29.3 Å². The fraction of sp³-hybridized carbons (Fsp3) is 0.500. The monoisotopic (exact) mass is 364 g/mol. The van der Waals surface area contributed by atoms with Gasteiger partial charge in [0.05, 0.1) is 6.54 Å². The Labute approximate surface area is 153 Å². The first-order valence-electron chi connectivity index (χ1n) is 8.15. The Morgan fingerprint density at radius 2 is 1.38 bits per heavy atom. The van der Waals surface area contributed by atoms with Crippen LogP contribution in [0.25, 0.3) is 0 Å². The van der Waals surface area contributed by atoms with E-state index in [0.717, 1.165) is 0 Å². The molecule has 0 atom stereocenters. The highest BCUT2D eigenvalue weighted by Crippen LogP contribution is 2.15. The number of imide groups is 1. The lowest BCUT2D eigenvalue weighted by molar-refractivity contribution is -0.119. The largest absolute Gasteiger partial charge is 0.444 e. The molecule has 1 aromatic carbocycles. The van der Waals surface area contributed by atoms with Crippen molar-refractivity contribution in [3.63, 3.8) is 0 Å². The summed E-state index contributed by atoms with van der Waals surface area (Å²) in [7, 11) is 0. The van der Waals surface area contributed by atoms with Crippen molar-refractivity contribution in [2.75, 3.05) is 17.2 Å². The summed E-state index contributed by atoms with van der Waals surface area (Å²) in [4.78, 5) is 34.8. The van der Waals surface area contributed by atoms with Gasteiger partial charge in [-0.2, -0.15) is 0 Å². The van der Waals surface area contributed by atoms with Crippen LogP contribution in [-0.4, -0.2) is 35.8 Å². The maximum Gasteiger partial charge on any atom is 0.437 e. The Kier molecular flexibility index (Phi) is 7.00. The summed E-state index contributed by atoms with van der Waals surface area (Å²) in [6, 6.07) is 6.66. The number of benzene rings is 1. The van der Waals surface area contributed by atoms with E-state index >= 15 is 0 Å². The van der Waals surface area contributed by atoms with Crippen molar-refractivity contribution in [2.24, 2.45) is 0 Å². The zero-order valence-electron chi connectivity index (χ0n) is 16.0. The number of hydrogen-bond acceptors (Lipinski definition) is 6. The summed E-state index contributed by atoms with van der Waals surface area (Å²) in [5.41, 5.74) is -0.100. The fourth-order valence-corrected chi connectivity index (χ4v) is 1.70. The van der Waals surface area contributed by atoms with E-state index in [2.05, 4.69) is 16.0 Å². The molecule has 8 nitrogen and oxygen atoms in total. The smallest absolute Gasteiger partial charge is 0.437 e. The Hall–Kier alpha value is -2.77. The molecule has 1 radical (unpaired) electrons. The van der Waals surface area contributed by atoms with Gasteiger partial charge in [-0.3, -0.25) is 10.1 Å². The van der Waals surface area contributed by atoms with Gasteiger partial charge in [-0.25, -0.2) is 9.59 Å². The number of carbonyl (C=O) groups is 3. The average Bonchev–Trinajstić information content (AvgIpc) is 2.42. The third kappa shape index (κ3) is 9.51. The summed E-state index contributed by atoms with van der Waals surface area (Å²) in [6.07, 6.45) is -1.47. The molecule has 0 bridgehead atoms. The van der Waals surface area contributed by atoms with E-state index in [0.29, 0.717) is 11.4 Å². The van der Waals surface area contributed by atoms with Crippen LogP contribution in [0.1, 0.15) is 41.5 Å². The normalized spacial score (nSPS) is 11.3. The number of anilines is 2. The standard InChI is InChI=1S/C18H26N3O5/c1-17(2,3)25-15(23)20-13-9-7-12(8-10-13)19-11-14(22)21-16(24)26-18(4,5)6/h7-10,19H,11H2,1-6H3,(H,20,23). The molecule has 3 amide bonds. The van der Waals surface area contributed by atoms with Crippen LogP contribution in [0.3, 0.4) is 0 Å². The van der Waals surface area contributed by atoms with Gasteiger partial charge >= 0.3 is 12.2 Å². The van der Waals surface area contributed by atoms with Crippen molar-refractivity contribution in [1.82, 2.24) is 5.32 Å². The quantitative estimate of drug-likeness (QED) is 0.846. The van der Waals surface area contributed by atoms with E-state index in [4.69, 9.17) is 9.47 Å². The lowest BCUT2D eigenvalue weighted by Gasteiger charge is -2.19. The number of nitrogens with zero attached hydrogens (tertiary/aromatic N) is 1. The van der Waals surface area contributed by atoms with Crippen LogP contribution in [0, 0.1) is 0 Å². The summed E-state index contributed by atoms with van der Waals surface area (Å²) >= 11 is 0. The zero-order chi connectivity index (χ0) is 20.0. The molecule has 0 aromatic heterocycles. The Balaban J connectivity index is 2.44. The third-order valence-electron chi connectivity index (χ3n) is 2.58. The Bertz CT molecular complexity index is 642. The van der Waals surface area contributed by atoms with E-state index in [1.54, 1.807) is 65.8 Å². The van der Waals surface area contributed by atoms with Crippen molar-refractivity contribution in [3.8, 4) is 0 Å². The molecule has 0 fully saturated rings. The predicted octanol–water partition coefficient (Wildman–Crippen LogP) is 3.51. The minimum Gasteiger partial charge on any atom is -0.444 e. The number of nitrogens with one attached hydrogen (secondary N) is 2. The number of amides is 3. The van der Waals surface area contributed by atoms with Crippen molar-refractivity contribution in [1.29, 1.82) is 0 Å². The molecule has 0 aliphatic rings. The predicted molar refractivity (Wildman–Crippen MR) is 98.2 cm³/mol. The number of hydrogen-bond donors (Lipinski definition) is 2. The van der Waals surface area contributed by atoms with E-state index in [1.807, 2.05) is 0 Å². The minimum atomic E-state index is -0.916. The number of rotatable bonds is 4. The van der Waals surface area contributed by atoms with Crippen LogP contribution in [0.4, 0.5) is 21.0 Å².